The van der Waals surface area contributed by atoms with Gasteiger partial charge in [-0.1, -0.05) is 27.5 Å². The lowest BCUT2D eigenvalue weighted by molar-refractivity contribution is 0.570. The maximum atomic E-state index is 13.7. The number of benzene rings is 1. The topological polar surface area (TPSA) is 59.1 Å². The van der Waals surface area contributed by atoms with E-state index >= 15 is 0 Å². The second kappa shape index (κ2) is 5.67. The minimum Gasteiger partial charge on any atom is -0.276 e. The molecule has 0 spiro atoms. The highest BCUT2D eigenvalue weighted by molar-refractivity contribution is 9.10. The molecule has 0 aliphatic heterocycles. The van der Waals surface area contributed by atoms with Gasteiger partial charge in [0.05, 0.1) is 5.69 Å². The maximum absolute atomic E-state index is 13.7. The van der Waals surface area contributed by atoms with Crippen LogP contribution in [0, 0.1) is 12.7 Å². The normalized spacial score (nSPS) is 11.4. The Hall–Kier alpha value is -1.18. The largest absolute Gasteiger partial charge is 0.276 e. The third-order valence-electron chi connectivity index (χ3n) is 2.40. The molecule has 1 heterocycles. The zero-order chi connectivity index (χ0) is 14.9. The average Bonchev–Trinajstić information content (AvgIpc) is 2.33. The summed E-state index contributed by atoms with van der Waals surface area (Å²) in [5, 5.41) is -0.00306. The molecule has 0 aliphatic rings. The fourth-order valence-electron chi connectivity index (χ4n) is 1.52. The van der Waals surface area contributed by atoms with E-state index in [4.69, 9.17) is 11.6 Å². The van der Waals surface area contributed by atoms with E-state index in [1.165, 1.54) is 24.4 Å². The van der Waals surface area contributed by atoms with Gasteiger partial charge in [-0.15, -0.1) is 0 Å². The van der Waals surface area contributed by atoms with Crippen molar-refractivity contribution in [3.05, 3.63) is 51.5 Å². The van der Waals surface area contributed by atoms with Crippen molar-refractivity contribution >= 4 is 43.2 Å². The fraction of sp³-hybridized carbons (Fsp3) is 0.0833. The van der Waals surface area contributed by atoms with Gasteiger partial charge in [0.1, 0.15) is 10.7 Å². The van der Waals surface area contributed by atoms with Gasteiger partial charge in [0.15, 0.2) is 5.15 Å². The predicted octanol–water partition coefficient (Wildman–Crippen LogP) is 3.75. The number of halogens is 3. The lowest BCUT2D eigenvalue weighted by Gasteiger charge is -2.10. The maximum Gasteiger partial charge on any atom is 0.264 e. The number of nitrogens with zero attached hydrogens (tertiary/aromatic N) is 1. The van der Waals surface area contributed by atoms with Crippen LogP contribution in [-0.2, 0) is 10.0 Å². The van der Waals surface area contributed by atoms with Crippen LogP contribution < -0.4 is 4.72 Å². The van der Waals surface area contributed by atoms with E-state index in [0.29, 0.717) is 4.47 Å². The molecule has 0 unspecified atom stereocenters. The Morgan fingerprint density at radius 3 is 2.70 bits per heavy atom. The zero-order valence-corrected chi connectivity index (χ0v) is 13.4. The Morgan fingerprint density at radius 2 is 2.05 bits per heavy atom. The summed E-state index contributed by atoms with van der Waals surface area (Å²) < 4.78 is 40.7. The number of anilines is 1. The molecule has 0 amide bonds. The molecule has 106 valence electrons. The first-order chi connectivity index (χ1) is 9.29. The Kier molecular flexibility index (Phi) is 4.31. The predicted molar refractivity (Wildman–Crippen MR) is 78.9 cm³/mol. The minimum atomic E-state index is -4.07. The van der Waals surface area contributed by atoms with Gasteiger partial charge in [-0.25, -0.2) is 17.8 Å². The Balaban J connectivity index is 2.43. The lowest BCUT2D eigenvalue weighted by atomic mass is 10.3. The van der Waals surface area contributed by atoms with Crippen molar-refractivity contribution in [2.24, 2.45) is 0 Å². The van der Waals surface area contributed by atoms with Crippen molar-refractivity contribution in [2.75, 3.05) is 4.72 Å². The molecule has 2 rings (SSSR count). The van der Waals surface area contributed by atoms with Gasteiger partial charge in [-0.2, -0.15) is 0 Å². The number of aryl methyl sites for hydroxylation is 1. The van der Waals surface area contributed by atoms with E-state index in [-0.39, 0.29) is 10.8 Å². The standard InChI is InChI=1S/C12H9BrClFN2O2S/c1-7-4-10(12(14)16-6-7)17-20(18,19)11-3-2-8(13)5-9(11)15/h2-6,17H,1H3. The molecule has 2 aromatic rings. The molecule has 0 atom stereocenters. The third kappa shape index (κ3) is 3.28. The van der Waals surface area contributed by atoms with E-state index in [9.17, 15) is 12.8 Å². The van der Waals surface area contributed by atoms with Crippen LogP contribution in [0.15, 0.2) is 39.8 Å². The van der Waals surface area contributed by atoms with E-state index in [1.807, 2.05) is 0 Å². The van der Waals surface area contributed by atoms with Crippen molar-refractivity contribution in [1.29, 1.82) is 0 Å². The van der Waals surface area contributed by atoms with Crippen LogP contribution in [0.4, 0.5) is 10.1 Å². The monoisotopic (exact) mass is 378 g/mol. The van der Waals surface area contributed by atoms with Crippen LogP contribution in [0.25, 0.3) is 0 Å². The second-order valence-electron chi connectivity index (χ2n) is 4.03. The Morgan fingerprint density at radius 1 is 1.35 bits per heavy atom. The molecular weight excluding hydrogens is 371 g/mol. The summed E-state index contributed by atoms with van der Waals surface area (Å²) in [6.07, 6.45) is 1.50. The number of sulfonamides is 1. The smallest absolute Gasteiger partial charge is 0.264 e. The van der Waals surface area contributed by atoms with E-state index in [1.54, 1.807) is 6.92 Å². The highest BCUT2D eigenvalue weighted by atomic mass is 79.9. The molecule has 0 saturated heterocycles. The van der Waals surface area contributed by atoms with Gasteiger partial charge in [0, 0.05) is 10.7 Å². The van der Waals surface area contributed by atoms with Crippen molar-refractivity contribution in [3.8, 4) is 0 Å². The summed E-state index contributed by atoms with van der Waals surface area (Å²) in [5.41, 5.74) is 0.831. The summed E-state index contributed by atoms with van der Waals surface area (Å²) in [4.78, 5) is 3.37. The van der Waals surface area contributed by atoms with Crippen molar-refractivity contribution < 1.29 is 12.8 Å². The molecule has 0 saturated carbocycles. The molecule has 20 heavy (non-hydrogen) atoms. The van der Waals surface area contributed by atoms with E-state index < -0.39 is 20.7 Å². The van der Waals surface area contributed by atoms with Crippen LogP contribution in [0.1, 0.15) is 5.56 Å². The SMILES string of the molecule is Cc1cnc(Cl)c(NS(=O)(=O)c2ccc(Br)cc2F)c1. The number of nitrogens with one attached hydrogen (secondary N) is 1. The lowest BCUT2D eigenvalue weighted by Crippen LogP contribution is -2.15. The van der Waals surface area contributed by atoms with Gasteiger partial charge >= 0.3 is 0 Å². The summed E-state index contributed by atoms with van der Waals surface area (Å²) in [6, 6.07) is 5.20. The highest BCUT2D eigenvalue weighted by Crippen LogP contribution is 2.25. The van der Waals surface area contributed by atoms with Crippen molar-refractivity contribution in [3.63, 3.8) is 0 Å². The molecule has 0 bridgehead atoms. The minimum absolute atomic E-state index is 0.00306. The number of hydrogen-bond acceptors (Lipinski definition) is 3. The van der Waals surface area contributed by atoms with Gasteiger partial charge in [-0.3, -0.25) is 4.72 Å². The summed E-state index contributed by atoms with van der Waals surface area (Å²) in [6.45, 7) is 1.74. The Labute approximate surface area is 129 Å². The van der Waals surface area contributed by atoms with Crippen molar-refractivity contribution in [1.82, 2.24) is 4.98 Å². The number of pyridine rings is 1. The van der Waals surface area contributed by atoms with Crippen molar-refractivity contribution in [2.45, 2.75) is 11.8 Å². The number of hydrogen-bond donors (Lipinski definition) is 1. The van der Waals surface area contributed by atoms with Gasteiger partial charge in [-0.05, 0) is 36.8 Å². The van der Waals surface area contributed by atoms with Gasteiger partial charge < -0.3 is 0 Å². The molecule has 1 aromatic carbocycles. The van der Waals surface area contributed by atoms with Crippen LogP contribution in [0.5, 0.6) is 0 Å². The molecule has 0 aliphatic carbocycles. The summed E-state index contributed by atoms with van der Waals surface area (Å²) in [7, 11) is -4.07. The molecule has 8 heteroatoms. The highest BCUT2D eigenvalue weighted by Gasteiger charge is 2.20. The van der Waals surface area contributed by atoms with E-state index in [0.717, 1.165) is 11.6 Å². The van der Waals surface area contributed by atoms with Crippen LogP contribution in [0.2, 0.25) is 5.15 Å². The molecular formula is C12H9BrClFN2O2S. The number of aromatic nitrogens is 1. The van der Waals surface area contributed by atoms with Crippen LogP contribution in [-0.4, -0.2) is 13.4 Å². The van der Waals surface area contributed by atoms with Gasteiger partial charge in [0.2, 0.25) is 0 Å². The van der Waals surface area contributed by atoms with Crippen LogP contribution >= 0.6 is 27.5 Å². The Bertz CT molecular complexity index is 768. The third-order valence-corrected chi connectivity index (χ3v) is 4.60. The molecule has 1 aromatic heterocycles. The second-order valence-corrected chi connectivity index (χ2v) is 6.96. The molecule has 0 radical (unpaired) electrons. The first-order valence-corrected chi connectivity index (χ1v) is 8.05. The average molecular weight is 380 g/mol. The molecule has 0 fully saturated rings. The summed E-state index contributed by atoms with van der Waals surface area (Å²) in [5.74, 6) is -0.858. The summed E-state index contributed by atoms with van der Waals surface area (Å²) >= 11 is 8.88. The first kappa shape index (κ1) is 15.2. The zero-order valence-electron chi connectivity index (χ0n) is 10.2. The molecule has 4 nitrogen and oxygen atoms in total. The number of rotatable bonds is 3. The quantitative estimate of drug-likeness (QED) is 0.826. The fourth-order valence-corrected chi connectivity index (χ4v) is 3.17. The first-order valence-electron chi connectivity index (χ1n) is 5.39. The van der Waals surface area contributed by atoms with Gasteiger partial charge in [0.25, 0.3) is 10.0 Å². The van der Waals surface area contributed by atoms with E-state index in [2.05, 4.69) is 25.6 Å². The van der Waals surface area contributed by atoms with Crippen LogP contribution in [0.3, 0.4) is 0 Å². The molecule has 1 N–H and O–H groups in total.